The summed E-state index contributed by atoms with van der Waals surface area (Å²) in [4.78, 5) is 8.14. The van der Waals surface area contributed by atoms with Gasteiger partial charge in [-0.1, -0.05) is 6.92 Å². The highest BCUT2D eigenvalue weighted by Gasteiger charge is 2.20. The van der Waals surface area contributed by atoms with Crippen molar-refractivity contribution in [3.05, 3.63) is 24.3 Å². The van der Waals surface area contributed by atoms with E-state index < -0.39 is 0 Å². The molecular formula is C13H23N3O. The monoisotopic (exact) mass is 237 g/mol. The largest absolute Gasteiger partial charge is 0.379 e. The molecule has 1 aromatic heterocycles. The number of ether oxygens (including phenoxy) is 1. The molecule has 96 valence electrons. The average molecular weight is 237 g/mol. The molecule has 0 fully saturated rings. The van der Waals surface area contributed by atoms with E-state index in [0.29, 0.717) is 6.04 Å². The first-order valence-corrected chi connectivity index (χ1v) is 6.12. The van der Waals surface area contributed by atoms with E-state index in [2.05, 4.69) is 36.1 Å². The summed E-state index contributed by atoms with van der Waals surface area (Å²) in [5.74, 6) is 0. The van der Waals surface area contributed by atoms with E-state index in [9.17, 15) is 0 Å². The van der Waals surface area contributed by atoms with Crippen molar-refractivity contribution < 1.29 is 4.74 Å². The second-order valence-corrected chi connectivity index (χ2v) is 4.78. The van der Waals surface area contributed by atoms with Crippen LogP contribution in [0.4, 0.5) is 0 Å². The van der Waals surface area contributed by atoms with E-state index in [1.54, 1.807) is 13.4 Å². The third-order valence-corrected chi connectivity index (χ3v) is 3.02. The molecule has 1 aromatic rings. The van der Waals surface area contributed by atoms with Gasteiger partial charge in [0, 0.05) is 31.1 Å². The van der Waals surface area contributed by atoms with Gasteiger partial charge in [0.25, 0.3) is 0 Å². The van der Waals surface area contributed by atoms with E-state index in [-0.39, 0.29) is 5.60 Å². The summed E-state index contributed by atoms with van der Waals surface area (Å²) in [6.45, 7) is 7.26. The summed E-state index contributed by atoms with van der Waals surface area (Å²) in [7, 11) is 1.76. The first-order chi connectivity index (χ1) is 8.09. The minimum Gasteiger partial charge on any atom is -0.379 e. The van der Waals surface area contributed by atoms with Gasteiger partial charge in [-0.2, -0.15) is 0 Å². The van der Waals surface area contributed by atoms with Crippen molar-refractivity contribution in [2.24, 2.45) is 0 Å². The van der Waals surface area contributed by atoms with Gasteiger partial charge in [0.1, 0.15) is 6.33 Å². The van der Waals surface area contributed by atoms with Crippen LogP contribution >= 0.6 is 0 Å². The van der Waals surface area contributed by atoms with Gasteiger partial charge in [-0.3, -0.25) is 0 Å². The molecule has 4 heteroatoms. The van der Waals surface area contributed by atoms with E-state index in [1.165, 1.54) is 0 Å². The summed E-state index contributed by atoms with van der Waals surface area (Å²) < 4.78 is 5.44. The van der Waals surface area contributed by atoms with Gasteiger partial charge < -0.3 is 10.1 Å². The molecule has 0 saturated heterocycles. The van der Waals surface area contributed by atoms with Gasteiger partial charge in [-0.05, 0) is 33.2 Å². The van der Waals surface area contributed by atoms with Gasteiger partial charge in [-0.25, -0.2) is 9.97 Å². The number of hydrogen-bond acceptors (Lipinski definition) is 4. The number of nitrogens with zero attached hydrogens (tertiary/aromatic N) is 2. The molecule has 0 radical (unpaired) electrons. The molecule has 0 aliphatic carbocycles. The highest BCUT2D eigenvalue weighted by molar-refractivity contribution is 5.09. The van der Waals surface area contributed by atoms with Gasteiger partial charge in [-0.15, -0.1) is 0 Å². The fourth-order valence-electron chi connectivity index (χ4n) is 1.72. The lowest BCUT2D eigenvalue weighted by atomic mass is 9.96. The molecule has 4 nitrogen and oxygen atoms in total. The van der Waals surface area contributed by atoms with Crippen LogP contribution in [0.3, 0.4) is 0 Å². The standard InChI is InChI=1S/C13H23N3O/c1-5-16-12(6-7-13(2,3)17-4)11-8-14-10-15-9-11/h8-10,12,16H,5-7H2,1-4H3. The first kappa shape index (κ1) is 14.1. The van der Waals surface area contributed by atoms with Gasteiger partial charge >= 0.3 is 0 Å². The maximum atomic E-state index is 5.44. The second kappa shape index (κ2) is 6.67. The van der Waals surface area contributed by atoms with Crippen molar-refractivity contribution in [2.75, 3.05) is 13.7 Å². The fraction of sp³-hybridized carbons (Fsp3) is 0.692. The van der Waals surface area contributed by atoms with Crippen LogP contribution in [-0.2, 0) is 4.74 Å². The van der Waals surface area contributed by atoms with Gasteiger partial charge in [0.2, 0.25) is 0 Å². The Balaban J connectivity index is 2.61. The average Bonchev–Trinajstić information content (AvgIpc) is 2.35. The second-order valence-electron chi connectivity index (χ2n) is 4.78. The van der Waals surface area contributed by atoms with Crippen LogP contribution in [0, 0.1) is 0 Å². The topological polar surface area (TPSA) is 47.0 Å². The van der Waals surface area contributed by atoms with E-state index in [1.807, 2.05) is 12.4 Å². The summed E-state index contributed by atoms with van der Waals surface area (Å²) >= 11 is 0. The molecule has 1 heterocycles. The lowest BCUT2D eigenvalue weighted by Crippen LogP contribution is -2.27. The Morgan fingerprint density at radius 2 is 2.00 bits per heavy atom. The normalized spacial score (nSPS) is 13.6. The minimum atomic E-state index is -0.0801. The maximum absolute atomic E-state index is 5.44. The highest BCUT2D eigenvalue weighted by atomic mass is 16.5. The number of aromatic nitrogens is 2. The van der Waals surface area contributed by atoms with E-state index in [4.69, 9.17) is 4.74 Å². The number of methoxy groups -OCH3 is 1. The number of hydrogen-bond donors (Lipinski definition) is 1. The van der Waals surface area contributed by atoms with Crippen molar-refractivity contribution in [1.82, 2.24) is 15.3 Å². The molecule has 1 rings (SSSR count). The molecular weight excluding hydrogens is 214 g/mol. The quantitative estimate of drug-likeness (QED) is 0.790. The Kier molecular flexibility index (Phi) is 5.51. The number of rotatable bonds is 7. The Labute approximate surface area is 104 Å². The predicted molar refractivity (Wildman–Crippen MR) is 68.8 cm³/mol. The Morgan fingerprint density at radius 1 is 1.35 bits per heavy atom. The molecule has 1 N–H and O–H groups in total. The van der Waals surface area contributed by atoms with Crippen molar-refractivity contribution in [3.63, 3.8) is 0 Å². The van der Waals surface area contributed by atoms with Crippen LogP contribution in [0.5, 0.6) is 0 Å². The van der Waals surface area contributed by atoms with Crippen molar-refractivity contribution in [2.45, 2.75) is 45.3 Å². The third-order valence-electron chi connectivity index (χ3n) is 3.02. The molecule has 0 aliphatic heterocycles. The molecule has 0 aromatic carbocycles. The highest BCUT2D eigenvalue weighted by Crippen LogP contribution is 2.23. The van der Waals surface area contributed by atoms with E-state index >= 15 is 0 Å². The molecule has 1 unspecified atom stereocenters. The lowest BCUT2D eigenvalue weighted by molar-refractivity contribution is 0.0117. The lowest BCUT2D eigenvalue weighted by Gasteiger charge is -2.26. The van der Waals surface area contributed by atoms with Crippen LogP contribution < -0.4 is 5.32 Å². The SMILES string of the molecule is CCNC(CCC(C)(C)OC)c1cncnc1. The molecule has 0 saturated carbocycles. The van der Waals surface area contributed by atoms with Crippen LogP contribution in [0.25, 0.3) is 0 Å². The molecule has 0 bridgehead atoms. The molecule has 1 atom stereocenters. The zero-order valence-corrected chi connectivity index (χ0v) is 11.2. The van der Waals surface area contributed by atoms with Crippen molar-refractivity contribution in [3.8, 4) is 0 Å². The van der Waals surface area contributed by atoms with Gasteiger partial charge in [0.15, 0.2) is 0 Å². The molecule has 0 spiro atoms. The molecule has 0 amide bonds. The zero-order valence-electron chi connectivity index (χ0n) is 11.2. The molecule has 17 heavy (non-hydrogen) atoms. The molecule has 0 aliphatic rings. The van der Waals surface area contributed by atoms with Crippen molar-refractivity contribution >= 4 is 0 Å². The smallest absolute Gasteiger partial charge is 0.115 e. The maximum Gasteiger partial charge on any atom is 0.115 e. The predicted octanol–water partition coefficient (Wildman–Crippen LogP) is 2.33. The van der Waals surface area contributed by atoms with Gasteiger partial charge in [0.05, 0.1) is 5.60 Å². The van der Waals surface area contributed by atoms with Crippen molar-refractivity contribution in [1.29, 1.82) is 0 Å². The number of nitrogens with one attached hydrogen (secondary N) is 1. The third kappa shape index (κ3) is 4.79. The Bertz CT molecular complexity index is 314. The first-order valence-electron chi connectivity index (χ1n) is 6.12. The van der Waals surface area contributed by atoms with Crippen LogP contribution in [0.2, 0.25) is 0 Å². The summed E-state index contributed by atoms with van der Waals surface area (Å²) in [5, 5.41) is 3.46. The fourth-order valence-corrected chi connectivity index (χ4v) is 1.72. The summed E-state index contributed by atoms with van der Waals surface area (Å²) in [6, 6.07) is 0.302. The zero-order chi connectivity index (χ0) is 12.7. The summed E-state index contributed by atoms with van der Waals surface area (Å²) in [6.07, 6.45) is 7.32. The van der Waals surface area contributed by atoms with Crippen LogP contribution in [0.15, 0.2) is 18.7 Å². The Hall–Kier alpha value is -1.00. The van der Waals surface area contributed by atoms with E-state index in [0.717, 1.165) is 24.9 Å². The van der Waals surface area contributed by atoms with Crippen LogP contribution in [-0.4, -0.2) is 29.2 Å². The summed E-state index contributed by atoms with van der Waals surface area (Å²) in [5.41, 5.74) is 1.06. The van der Waals surface area contributed by atoms with Crippen LogP contribution in [0.1, 0.15) is 45.2 Å². The minimum absolute atomic E-state index is 0.0801. The Morgan fingerprint density at radius 3 is 2.53 bits per heavy atom.